The van der Waals surface area contributed by atoms with Crippen molar-refractivity contribution in [3.8, 4) is 28.4 Å². The van der Waals surface area contributed by atoms with Gasteiger partial charge in [-0.3, -0.25) is 9.59 Å². The monoisotopic (exact) mass is 521 g/mol. The number of para-hydroxylation sites is 2. The highest BCUT2D eigenvalue weighted by molar-refractivity contribution is 5.92. The number of nitrogens with one attached hydrogen (secondary N) is 1. The third-order valence-electron chi connectivity index (χ3n) is 6.25. The van der Waals surface area contributed by atoms with E-state index in [-0.39, 0.29) is 18.0 Å². The Morgan fingerprint density at radius 2 is 1.74 bits per heavy atom. The van der Waals surface area contributed by atoms with E-state index < -0.39 is 0 Å². The van der Waals surface area contributed by atoms with Gasteiger partial charge in [0.25, 0.3) is 5.56 Å². The van der Waals surface area contributed by atoms with E-state index in [0.29, 0.717) is 33.9 Å². The molecule has 2 heterocycles. The van der Waals surface area contributed by atoms with Crippen LogP contribution in [-0.4, -0.2) is 51.8 Å². The Labute approximate surface area is 225 Å². The fourth-order valence-electron chi connectivity index (χ4n) is 4.23. The van der Waals surface area contributed by atoms with E-state index in [2.05, 4.69) is 9.97 Å². The van der Waals surface area contributed by atoms with Crippen LogP contribution in [0.3, 0.4) is 0 Å². The zero-order chi connectivity index (χ0) is 27.4. The van der Waals surface area contributed by atoms with Crippen molar-refractivity contribution in [3.05, 3.63) is 107 Å². The van der Waals surface area contributed by atoms with Crippen molar-refractivity contribution in [2.75, 3.05) is 21.3 Å². The highest BCUT2D eigenvalue weighted by atomic mass is 16.5. The first-order valence-electron chi connectivity index (χ1n) is 12.3. The number of H-pyrrole nitrogens is 1. The van der Waals surface area contributed by atoms with Gasteiger partial charge in [0.15, 0.2) is 11.5 Å². The molecule has 196 valence electrons. The minimum absolute atomic E-state index is 0.148. The van der Waals surface area contributed by atoms with Crippen LogP contribution in [0.1, 0.15) is 11.4 Å². The summed E-state index contributed by atoms with van der Waals surface area (Å²) >= 11 is 0. The summed E-state index contributed by atoms with van der Waals surface area (Å²) in [6.45, 7) is 0.148. The molecule has 9 heteroatoms. The van der Waals surface area contributed by atoms with E-state index in [9.17, 15) is 9.59 Å². The highest BCUT2D eigenvalue weighted by Gasteiger charge is 2.15. The van der Waals surface area contributed by atoms with E-state index in [1.165, 1.54) is 11.0 Å². The Morgan fingerprint density at radius 3 is 2.51 bits per heavy atom. The molecule has 1 N–H and O–H groups in total. The van der Waals surface area contributed by atoms with E-state index in [0.717, 1.165) is 16.8 Å². The van der Waals surface area contributed by atoms with Crippen molar-refractivity contribution < 1.29 is 14.3 Å². The fraction of sp³-hybridized carbons (Fsp3) is 0.133. The van der Waals surface area contributed by atoms with Gasteiger partial charge in [-0.25, -0.2) is 9.67 Å². The third kappa shape index (κ3) is 5.42. The number of aromatic amines is 1. The number of fused-ring (bicyclic) bond motifs is 1. The molecule has 0 spiro atoms. The lowest BCUT2D eigenvalue weighted by Gasteiger charge is -2.14. The predicted molar refractivity (Wildman–Crippen MR) is 150 cm³/mol. The number of ether oxygens (including phenoxy) is 2. The maximum atomic E-state index is 13.0. The second-order valence-electron chi connectivity index (χ2n) is 8.84. The predicted octanol–water partition coefficient (Wildman–Crippen LogP) is 4.46. The molecule has 5 aromatic rings. The van der Waals surface area contributed by atoms with Crippen LogP contribution in [-0.2, 0) is 11.3 Å². The smallest absolute Gasteiger partial charge is 0.258 e. The lowest BCUT2D eigenvalue weighted by Crippen LogP contribution is -2.26. The average Bonchev–Trinajstić information content (AvgIpc) is 3.40. The molecule has 2 aromatic heterocycles. The van der Waals surface area contributed by atoms with Gasteiger partial charge < -0.3 is 19.4 Å². The summed E-state index contributed by atoms with van der Waals surface area (Å²) in [6.07, 6.45) is 5.08. The van der Waals surface area contributed by atoms with Crippen LogP contribution in [0.4, 0.5) is 0 Å². The molecule has 0 bridgehead atoms. The number of nitrogens with zero attached hydrogens (tertiary/aromatic N) is 4. The molecule has 5 rings (SSSR count). The second kappa shape index (κ2) is 11.1. The molecule has 0 saturated carbocycles. The summed E-state index contributed by atoms with van der Waals surface area (Å²) in [4.78, 5) is 34.2. The zero-order valence-electron chi connectivity index (χ0n) is 21.8. The standard InChI is InChI=1S/C30H27N5O4/c1-34(19-27-31-24-12-8-7-11-23(24)30(37)32-27)28(36)16-14-21-18-35(22-9-5-4-6-10-22)33-29(21)20-13-15-25(38-2)26(17-20)39-3/h4-18H,19H2,1-3H3,(H,31,32,37)/b16-14+. The van der Waals surface area contributed by atoms with Gasteiger partial charge in [-0.1, -0.05) is 30.3 Å². The van der Waals surface area contributed by atoms with Gasteiger partial charge in [0.05, 0.1) is 37.4 Å². The number of rotatable bonds is 8. The molecule has 0 aliphatic rings. The molecule has 0 aliphatic heterocycles. The highest BCUT2D eigenvalue weighted by Crippen LogP contribution is 2.33. The number of aromatic nitrogens is 4. The van der Waals surface area contributed by atoms with Crippen LogP contribution in [0.5, 0.6) is 11.5 Å². The Hall–Kier alpha value is -5.18. The Morgan fingerprint density at radius 1 is 1.00 bits per heavy atom. The van der Waals surface area contributed by atoms with Gasteiger partial charge in [0, 0.05) is 30.4 Å². The number of hydrogen-bond acceptors (Lipinski definition) is 6. The van der Waals surface area contributed by atoms with E-state index in [4.69, 9.17) is 14.6 Å². The summed E-state index contributed by atoms with van der Waals surface area (Å²) in [5.74, 6) is 1.34. The van der Waals surface area contributed by atoms with Gasteiger partial charge in [-0.15, -0.1) is 0 Å². The zero-order valence-corrected chi connectivity index (χ0v) is 21.8. The number of hydrogen-bond donors (Lipinski definition) is 1. The molecule has 0 fully saturated rings. The van der Waals surface area contributed by atoms with Crippen molar-refractivity contribution in [1.29, 1.82) is 0 Å². The van der Waals surface area contributed by atoms with Gasteiger partial charge in [0.2, 0.25) is 5.91 Å². The number of likely N-dealkylation sites (N-methyl/N-ethyl adjacent to an activating group) is 1. The summed E-state index contributed by atoms with van der Waals surface area (Å²) in [5.41, 5.74) is 3.45. The summed E-state index contributed by atoms with van der Waals surface area (Å²) in [6, 6.07) is 22.4. The first kappa shape index (κ1) is 25.5. The van der Waals surface area contributed by atoms with Crippen molar-refractivity contribution in [2.24, 2.45) is 0 Å². The Bertz CT molecular complexity index is 1720. The molecular formula is C30H27N5O4. The van der Waals surface area contributed by atoms with Crippen LogP contribution in [0.2, 0.25) is 0 Å². The first-order valence-corrected chi connectivity index (χ1v) is 12.3. The third-order valence-corrected chi connectivity index (χ3v) is 6.25. The lowest BCUT2D eigenvalue weighted by atomic mass is 10.1. The first-order chi connectivity index (χ1) is 19.0. The molecule has 0 unspecified atom stereocenters. The SMILES string of the molecule is COc1ccc(-c2nn(-c3ccccc3)cc2/C=C/C(=O)N(C)Cc2nc3ccccc3c(=O)[nH]2)cc1OC. The number of benzene rings is 3. The number of carbonyl (C=O) groups excluding carboxylic acids is 1. The second-order valence-corrected chi connectivity index (χ2v) is 8.84. The minimum Gasteiger partial charge on any atom is -0.493 e. The Balaban J connectivity index is 1.44. The molecular weight excluding hydrogens is 494 g/mol. The quantitative estimate of drug-likeness (QED) is 0.303. The van der Waals surface area contributed by atoms with Gasteiger partial charge in [-0.2, -0.15) is 5.10 Å². The number of carbonyl (C=O) groups is 1. The van der Waals surface area contributed by atoms with Gasteiger partial charge in [0.1, 0.15) is 11.5 Å². The largest absolute Gasteiger partial charge is 0.493 e. The lowest BCUT2D eigenvalue weighted by molar-refractivity contribution is -0.125. The van der Waals surface area contributed by atoms with Crippen LogP contribution >= 0.6 is 0 Å². The molecule has 0 radical (unpaired) electrons. The topological polar surface area (TPSA) is 102 Å². The number of amides is 1. The van der Waals surface area contributed by atoms with Gasteiger partial charge >= 0.3 is 0 Å². The molecule has 9 nitrogen and oxygen atoms in total. The number of methoxy groups -OCH3 is 2. The molecule has 0 atom stereocenters. The van der Waals surface area contributed by atoms with E-state index in [1.807, 2.05) is 60.8 Å². The van der Waals surface area contributed by atoms with Crippen LogP contribution in [0.15, 0.2) is 89.9 Å². The minimum atomic E-state index is -0.253. The summed E-state index contributed by atoms with van der Waals surface area (Å²) in [7, 11) is 4.82. The van der Waals surface area contributed by atoms with Crippen LogP contribution in [0, 0.1) is 0 Å². The molecule has 39 heavy (non-hydrogen) atoms. The summed E-state index contributed by atoms with van der Waals surface area (Å²) < 4.78 is 12.6. The van der Waals surface area contributed by atoms with E-state index in [1.54, 1.807) is 50.2 Å². The normalized spacial score (nSPS) is 11.2. The van der Waals surface area contributed by atoms with Crippen molar-refractivity contribution in [1.82, 2.24) is 24.6 Å². The van der Waals surface area contributed by atoms with Crippen LogP contribution in [0.25, 0.3) is 33.9 Å². The molecule has 0 saturated heterocycles. The maximum absolute atomic E-state index is 13.0. The summed E-state index contributed by atoms with van der Waals surface area (Å²) in [5, 5.41) is 5.31. The molecule has 1 amide bonds. The van der Waals surface area contributed by atoms with E-state index >= 15 is 0 Å². The average molecular weight is 522 g/mol. The van der Waals surface area contributed by atoms with Gasteiger partial charge in [-0.05, 0) is 48.5 Å². The fourth-order valence-corrected chi connectivity index (χ4v) is 4.23. The van der Waals surface area contributed by atoms with Crippen molar-refractivity contribution >= 4 is 22.9 Å². The molecule has 3 aromatic carbocycles. The Kier molecular flexibility index (Phi) is 7.22. The van der Waals surface area contributed by atoms with Crippen molar-refractivity contribution in [3.63, 3.8) is 0 Å². The maximum Gasteiger partial charge on any atom is 0.258 e. The van der Waals surface area contributed by atoms with Crippen molar-refractivity contribution in [2.45, 2.75) is 6.54 Å². The van der Waals surface area contributed by atoms with Crippen LogP contribution < -0.4 is 15.0 Å². The molecule has 0 aliphatic carbocycles.